The van der Waals surface area contributed by atoms with Gasteiger partial charge in [-0.25, -0.2) is 0 Å². The van der Waals surface area contributed by atoms with Crippen LogP contribution in [0.2, 0.25) is 0 Å². The first-order valence-corrected chi connectivity index (χ1v) is 4.95. The molecule has 1 N–H and O–H groups in total. The van der Waals surface area contributed by atoms with E-state index in [4.69, 9.17) is 5.11 Å². The molecule has 0 aliphatic carbocycles. The molecule has 14 heavy (non-hydrogen) atoms. The van der Waals surface area contributed by atoms with Crippen LogP contribution in [0.5, 0.6) is 0 Å². The Kier molecular flexibility index (Phi) is 3.26. The maximum Gasteiger partial charge on any atom is 0.232 e. The first-order valence-electron chi connectivity index (χ1n) is 4.95. The minimum absolute atomic E-state index is 0.000177. The average molecular weight is 199 g/mol. The van der Waals surface area contributed by atoms with E-state index in [1.54, 1.807) is 13.8 Å². The van der Waals surface area contributed by atoms with Crippen molar-refractivity contribution >= 4 is 11.8 Å². The number of aliphatic hydroxyl groups excluding tert-OH is 1. The molecule has 1 fully saturated rings. The summed E-state index contributed by atoms with van der Waals surface area (Å²) in [7, 11) is 0. The predicted molar refractivity (Wildman–Crippen MR) is 51.3 cm³/mol. The van der Waals surface area contributed by atoms with Gasteiger partial charge in [0.15, 0.2) is 0 Å². The number of amides is 2. The molecule has 0 spiro atoms. The number of rotatable bonds is 3. The largest absolute Gasteiger partial charge is 0.396 e. The molecule has 0 aromatic rings. The zero-order chi connectivity index (χ0) is 10.9. The van der Waals surface area contributed by atoms with Gasteiger partial charge in [0.25, 0.3) is 0 Å². The monoisotopic (exact) mass is 199 g/mol. The van der Waals surface area contributed by atoms with Gasteiger partial charge in [0.05, 0.1) is 0 Å². The van der Waals surface area contributed by atoms with Crippen molar-refractivity contribution < 1.29 is 14.7 Å². The number of hydrogen-bond acceptors (Lipinski definition) is 3. The lowest BCUT2D eigenvalue weighted by molar-refractivity contribution is -0.140. The molecule has 2 amide bonds. The molecule has 4 nitrogen and oxygen atoms in total. The van der Waals surface area contributed by atoms with Gasteiger partial charge < -0.3 is 5.11 Å². The third-order valence-electron chi connectivity index (χ3n) is 2.87. The number of nitrogens with zero attached hydrogens (tertiary/aromatic N) is 1. The van der Waals surface area contributed by atoms with Crippen LogP contribution in [0.15, 0.2) is 0 Å². The van der Waals surface area contributed by atoms with E-state index in [2.05, 4.69) is 0 Å². The van der Waals surface area contributed by atoms with E-state index in [1.807, 2.05) is 6.92 Å². The molecule has 4 heteroatoms. The number of likely N-dealkylation sites (tertiary alicyclic amines) is 1. The summed E-state index contributed by atoms with van der Waals surface area (Å²) < 4.78 is 0. The smallest absolute Gasteiger partial charge is 0.232 e. The average Bonchev–Trinajstić information content (AvgIpc) is 2.35. The first-order chi connectivity index (χ1) is 6.49. The van der Waals surface area contributed by atoms with Crippen LogP contribution in [-0.2, 0) is 9.59 Å². The molecular weight excluding hydrogens is 182 g/mol. The van der Waals surface area contributed by atoms with Crippen molar-refractivity contribution in [2.24, 2.45) is 17.8 Å². The van der Waals surface area contributed by atoms with Crippen molar-refractivity contribution in [1.29, 1.82) is 0 Å². The SMILES string of the molecule is CC(CO)CN1C(=O)C(C)C(C)C1=O. The van der Waals surface area contributed by atoms with Crippen LogP contribution in [-0.4, -0.2) is 35.0 Å². The van der Waals surface area contributed by atoms with Crippen LogP contribution >= 0.6 is 0 Å². The molecule has 1 aliphatic heterocycles. The highest BCUT2D eigenvalue weighted by Gasteiger charge is 2.42. The van der Waals surface area contributed by atoms with Gasteiger partial charge >= 0.3 is 0 Å². The molecule has 0 bridgehead atoms. The molecule has 1 saturated heterocycles. The van der Waals surface area contributed by atoms with Gasteiger partial charge in [-0.3, -0.25) is 14.5 Å². The fourth-order valence-corrected chi connectivity index (χ4v) is 1.58. The number of carbonyl (C=O) groups excluding carboxylic acids is 2. The Bertz CT molecular complexity index is 232. The molecule has 0 aromatic carbocycles. The Hall–Kier alpha value is -0.900. The van der Waals surface area contributed by atoms with Crippen LogP contribution < -0.4 is 0 Å². The third-order valence-corrected chi connectivity index (χ3v) is 2.87. The van der Waals surface area contributed by atoms with Gasteiger partial charge in [-0.05, 0) is 5.92 Å². The second-order valence-corrected chi connectivity index (χ2v) is 4.15. The van der Waals surface area contributed by atoms with Crippen LogP contribution in [0, 0.1) is 17.8 Å². The number of imide groups is 1. The Labute approximate surface area is 83.9 Å². The quantitative estimate of drug-likeness (QED) is 0.663. The molecule has 1 heterocycles. The number of hydrogen-bond donors (Lipinski definition) is 1. The van der Waals surface area contributed by atoms with Gasteiger partial charge in [0, 0.05) is 25.0 Å². The minimum Gasteiger partial charge on any atom is -0.396 e. The lowest BCUT2D eigenvalue weighted by Gasteiger charge is -2.17. The summed E-state index contributed by atoms with van der Waals surface area (Å²) in [6.45, 7) is 5.69. The summed E-state index contributed by atoms with van der Waals surface area (Å²) in [6.07, 6.45) is 0. The standard InChI is InChI=1S/C10H17NO3/c1-6(5-12)4-11-9(13)7(2)8(3)10(11)14/h6-8,12H,4-5H2,1-3H3. The second kappa shape index (κ2) is 4.09. The zero-order valence-corrected chi connectivity index (χ0v) is 8.86. The van der Waals surface area contributed by atoms with Gasteiger partial charge in [-0.2, -0.15) is 0 Å². The van der Waals surface area contributed by atoms with Crippen LogP contribution in [0.4, 0.5) is 0 Å². The maximum absolute atomic E-state index is 11.6. The Balaban J connectivity index is 2.70. The maximum atomic E-state index is 11.6. The summed E-state index contributed by atoms with van der Waals surface area (Å²) in [5.74, 6) is -0.687. The summed E-state index contributed by atoms with van der Waals surface area (Å²) in [5.41, 5.74) is 0. The van der Waals surface area contributed by atoms with Crippen LogP contribution in [0.3, 0.4) is 0 Å². The Morgan fingerprint density at radius 2 is 1.71 bits per heavy atom. The normalized spacial score (nSPS) is 29.9. The van der Waals surface area contributed by atoms with E-state index in [-0.39, 0.29) is 36.2 Å². The zero-order valence-electron chi connectivity index (χ0n) is 8.86. The van der Waals surface area contributed by atoms with Crippen molar-refractivity contribution in [2.45, 2.75) is 20.8 Å². The molecule has 0 radical (unpaired) electrons. The highest BCUT2D eigenvalue weighted by atomic mass is 16.3. The van der Waals surface area contributed by atoms with Gasteiger partial charge in [0.1, 0.15) is 0 Å². The summed E-state index contributed by atoms with van der Waals surface area (Å²) in [5, 5.41) is 8.85. The van der Waals surface area contributed by atoms with E-state index in [0.29, 0.717) is 6.54 Å². The van der Waals surface area contributed by atoms with E-state index in [1.165, 1.54) is 4.90 Å². The van der Waals surface area contributed by atoms with Crippen LogP contribution in [0.1, 0.15) is 20.8 Å². The highest BCUT2D eigenvalue weighted by molar-refractivity contribution is 6.04. The van der Waals surface area contributed by atoms with E-state index in [9.17, 15) is 9.59 Å². The second-order valence-electron chi connectivity index (χ2n) is 4.15. The summed E-state index contributed by atoms with van der Waals surface area (Å²) >= 11 is 0. The number of aliphatic hydroxyl groups is 1. The van der Waals surface area contributed by atoms with E-state index >= 15 is 0 Å². The lowest BCUT2D eigenvalue weighted by Crippen LogP contribution is -2.35. The third kappa shape index (κ3) is 1.80. The van der Waals surface area contributed by atoms with Crippen molar-refractivity contribution in [1.82, 2.24) is 4.90 Å². The van der Waals surface area contributed by atoms with Crippen molar-refractivity contribution in [3.8, 4) is 0 Å². The fourth-order valence-electron chi connectivity index (χ4n) is 1.58. The molecule has 3 unspecified atom stereocenters. The van der Waals surface area contributed by atoms with Gasteiger partial charge in [-0.1, -0.05) is 20.8 Å². The Morgan fingerprint density at radius 1 is 1.29 bits per heavy atom. The first kappa shape index (κ1) is 11.2. The van der Waals surface area contributed by atoms with Crippen LogP contribution in [0.25, 0.3) is 0 Å². The van der Waals surface area contributed by atoms with Crippen molar-refractivity contribution in [2.75, 3.05) is 13.2 Å². The van der Waals surface area contributed by atoms with Gasteiger partial charge in [0.2, 0.25) is 11.8 Å². The summed E-state index contributed by atoms with van der Waals surface area (Å²) in [6, 6.07) is 0. The fraction of sp³-hybridized carbons (Fsp3) is 0.800. The molecule has 3 atom stereocenters. The Morgan fingerprint density at radius 3 is 2.07 bits per heavy atom. The van der Waals surface area contributed by atoms with E-state index < -0.39 is 0 Å². The molecule has 0 aromatic heterocycles. The molecule has 1 rings (SSSR count). The predicted octanol–water partition coefficient (Wildman–Crippen LogP) is 0.256. The highest BCUT2D eigenvalue weighted by Crippen LogP contribution is 2.25. The molecule has 80 valence electrons. The van der Waals surface area contributed by atoms with Crippen molar-refractivity contribution in [3.05, 3.63) is 0 Å². The minimum atomic E-state index is -0.214. The molecule has 0 saturated carbocycles. The van der Waals surface area contributed by atoms with Crippen molar-refractivity contribution in [3.63, 3.8) is 0 Å². The topological polar surface area (TPSA) is 57.6 Å². The summed E-state index contributed by atoms with van der Waals surface area (Å²) in [4.78, 5) is 24.5. The lowest BCUT2D eigenvalue weighted by atomic mass is 10.00. The molecule has 1 aliphatic rings. The van der Waals surface area contributed by atoms with E-state index in [0.717, 1.165) is 0 Å². The molecular formula is C10H17NO3. The number of carbonyl (C=O) groups is 2. The van der Waals surface area contributed by atoms with Gasteiger partial charge in [-0.15, -0.1) is 0 Å².